The van der Waals surface area contributed by atoms with E-state index in [4.69, 9.17) is 11.6 Å². The molecule has 2 heterocycles. The summed E-state index contributed by atoms with van der Waals surface area (Å²) in [4.78, 5) is 21.4. The van der Waals surface area contributed by atoms with Crippen molar-refractivity contribution >= 4 is 22.6 Å². The van der Waals surface area contributed by atoms with Crippen LogP contribution < -0.4 is 5.56 Å². The van der Waals surface area contributed by atoms with Crippen LogP contribution in [0.5, 0.6) is 0 Å². The van der Waals surface area contributed by atoms with Crippen LogP contribution in [0.3, 0.4) is 0 Å². The highest BCUT2D eigenvalue weighted by atomic mass is 35.5. The summed E-state index contributed by atoms with van der Waals surface area (Å²) in [6.07, 6.45) is 1.81. The van der Waals surface area contributed by atoms with Gasteiger partial charge in [0.2, 0.25) is 0 Å². The minimum Gasteiger partial charge on any atom is -0.316 e. The van der Waals surface area contributed by atoms with E-state index in [0.29, 0.717) is 17.6 Å². The fourth-order valence-corrected chi connectivity index (χ4v) is 1.42. The van der Waals surface area contributed by atoms with Gasteiger partial charge >= 0.3 is 0 Å². The predicted octanol–water partition coefficient (Wildman–Crippen LogP) is 1.67. The third kappa shape index (κ3) is 1.59. The third-order valence-electron chi connectivity index (χ3n) is 2.05. The molecule has 1 N–H and O–H groups in total. The molecule has 2 aromatic heterocycles. The van der Waals surface area contributed by atoms with Crippen molar-refractivity contribution in [2.24, 2.45) is 0 Å². The third-order valence-corrected chi connectivity index (χ3v) is 2.31. The SMILES string of the molecule is CCc1nc2cnc(Cl)c(F)c2[nH]c1=O. The second-order valence-electron chi connectivity index (χ2n) is 2.99. The number of hydrogen-bond acceptors (Lipinski definition) is 3. The minimum atomic E-state index is -0.749. The predicted molar refractivity (Wildman–Crippen MR) is 54.5 cm³/mol. The molecule has 0 bridgehead atoms. The minimum absolute atomic E-state index is 0.00259. The Labute approximate surface area is 89.1 Å². The number of fused-ring (bicyclic) bond motifs is 1. The standard InChI is InChI=1S/C9H7ClFN3O/c1-2-4-9(15)14-7-5(13-4)3-12-8(10)6(7)11/h3H,2H2,1H3,(H,14,15). The molecule has 0 unspecified atom stereocenters. The fraction of sp³-hybridized carbons (Fsp3) is 0.222. The van der Waals surface area contributed by atoms with Gasteiger partial charge in [0, 0.05) is 0 Å². The van der Waals surface area contributed by atoms with Crippen LogP contribution in [0.25, 0.3) is 11.0 Å². The van der Waals surface area contributed by atoms with Gasteiger partial charge in [-0.25, -0.2) is 14.4 Å². The molecule has 0 aliphatic heterocycles. The molecule has 0 fully saturated rings. The Kier molecular flexibility index (Phi) is 2.40. The Morgan fingerprint density at radius 1 is 1.60 bits per heavy atom. The second-order valence-corrected chi connectivity index (χ2v) is 3.35. The maximum atomic E-state index is 13.4. The summed E-state index contributed by atoms with van der Waals surface area (Å²) in [7, 11) is 0. The molecule has 0 saturated heterocycles. The molecule has 0 saturated carbocycles. The summed E-state index contributed by atoms with van der Waals surface area (Å²) in [6.45, 7) is 1.79. The normalized spacial score (nSPS) is 10.9. The van der Waals surface area contributed by atoms with Gasteiger partial charge in [0.05, 0.1) is 6.20 Å². The lowest BCUT2D eigenvalue weighted by atomic mass is 10.3. The van der Waals surface area contributed by atoms with Crippen molar-refractivity contribution in [2.45, 2.75) is 13.3 Å². The number of nitrogens with zero attached hydrogens (tertiary/aromatic N) is 2. The lowest BCUT2D eigenvalue weighted by Gasteiger charge is -2.01. The molecule has 0 amide bonds. The van der Waals surface area contributed by atoms with Crippen LogP contribution in [-0.2, 0) is 6.42 Å². The fourth-order valence-electron chi connectivity index (χ4n) is 1.28. The van der Waals surface area contributed by atoms with E-state index in [1.54, 1.807) is 6.92 Å². The van der Waals surface area contributed by atoms with Gasteiger partial charge < -0.3 is 4.98 Å². The van der Waals surface area contributed by atoms with Crippen LogP contribution in [0, 0.1) is 5.82 Å². The van der Waals surface area contributed by atoms with Crippen molar-refractivity contribution in [1.82, 2.24) is 15.0 Å². The summed E-state index contributed by atoms with van der Waals surface area (Å²) in [6, 6.07) is 0. The summed E-state index contributed by atoms with van der Waals surface area (Å²) in [5.74, 6) is -0.749. The molecule has 6 heteroatoms. The highest BCUT2D eigenvalue weighted by molar-refractivity contribution is 6.30. The number of H-pyrrole nitrogens is 1. The van der Waals surface area contributed by atoms with E-state index in [0.717, 1.165) is 0 Å². The number of aryl methyl sites for hydroxylation is 1. The van der Waals surface area contributed by atoms with E-state index in [1.807, 2.05) is 0 Å². The maximum absolute atomic E-state index is 13.4. The molecule has 0 aliphatic rings. The van der Waals surface area contributed by atoms with E-state index >= 15 is 0 Å². The smallest absolute Gasteiger partial charge is 0.270 e. The van der Waals surface area contributed by atoms with E-state index in [1.165, 1.54) is 6.20 Å². The monoisotopic (exact) mass is 227 g/mol. The van der Waals surface area contributed by atoms with Crippen LogP contribution in [0.1, 0.15) is 12.6 Å². The van der Waals surface area contributed by atoms with Crippen molar-refractivity contribution in [1.29, 1.82) is 0 Å². The van der Waals surface area contributed by atoms with Crippen molar-refractivity contribution in [3.05, 3.63) is 33.2 Å². The van der Waals surface area contributed by atoms with E-state index in [-0.39, 0.29) is 10.7 Å². The van der Waals surface area contributed by atoms with Crippen LogP contribution in [-0.4, -0.2) is 15.0 Å². The number of halogens is 2. The summed E-state index contributed by atoms with van der Waals surface area (Å²) in [5.41, 5.74) is 0.253. The zero-order valence-corrected chi connectivity index (χ0v) is 8.60. The van der Waals surface area contributed by atoms with Gasteiger partial charge in [0.1, 0.15) is 16.7 Å². The first kappa shape index (κ1) is 10.0. The zero-order chi connectivity index (χ0) is 11.0. The highest BCUT2D eigenvalue weighted by Gasteiger charge is 2.10. The molecular formula is C9H7ClFN3O. The van der Waals surface area contributed by atoms with Crippen molar-refractivity contribution < 1.29 is 4.39 Å². The molecule has 4 nitrogen and oxygen atoms in total. The quantitative estimate of drug-likeness (QED) is 0.754. The Balaban J connectivity index is 2.87. The average Bonchev–Trinajstić information content (AvgIpc) is 2.24. The number of nitrogens with one attached hydrogen (secondary N) is 1. The molecule has 0 spiro atoms. The molecule has 2 rings (SSSR count). The zero-order valence-electron chi connectivity index (χ0n) is 7.84. The number of rotatable bonds is 1. The van der Waals surface area contributed by atoms with Gasteiger partial charge in [-0.15, -0.1) is 0 Å². The lowest BCUT2D eigenvalue weighted by Crippen LogP contribution is -2.15. The molecule has 0 aliphatic carbocycles. The highest BCUT2D eigenvalue weighted by Crippen LogP contribution is 2.17. The number of aromatic nitrogens is 3. The Hall–Kier alpha value is -1.49. The average molecular weight is 228 g/mol. The van der Waals surface area contributed by atoms with E-state index in [2.05, 4.69) is 15.0 Å². The molecule has 78 valence electrons. The summed E-state index contributed by atoms with van der Waals surface area (Å²) in [5, 5.41) is -0.274. The largest absolute Gasteiger partial charge is 0.316 e. The summed E-state index contributed by atoms with van der Waals surface area (Å²) < 4.78 is 13.4. The van der Waals surface area contributed by atoms with Gasteiger partial charge in [-0.2, -0.15) is 0 Å². The maximum Gasteiger partial charge on any atom is 0.270 e. The van der Waals surface area contributed by atoms with Crippen LogP contribution in [0.15, 0.2) is 11.0 Å². The first-order chi connectivity index (χ1) is 7.13. The Morgan fingerprint density at radius 2 is 2.33 bits per heavy atom. The summed E-state index contributed by atoms with van der Waals surface area (Å²) >= 11 is 5.48. The van der Waals surface area contributed by atoms with Gasteiger partial charge in [0.25, 0.3) is 5.56 Å². The molecular weight excluding hydrogens is 221 g/mol. The number of aromatic amines is 1. The van der Waals surface area contributed by atoms with Gasteiger partial charge in [-0.05, 0) is 6.42 Å². The van der Waals surface area contributed by atoms with E-state index < -0.39 is 11.4 Å². The molecule has 15 heavy (non-hydrogen) atoms. The van der Waals surface area contributed by atoms with Crippen molar-refractivity contribution in [3.63, 3.8) is 0 Å². The first-order valence-corrected chi connectivity index (χ1v) is 4.74. The van der Waals surface area contributed by atoms with Gasteiger partial charge in [0.15, 0.2) is 11.0 Å². The Bertz CT molecular complexity index is 581. The molecule has 0 radical (unpaired) electrons. The van der Waals surface area contributed by atoms with E-state index in [9.17, 15) is 9.18 Å². The molecule has 0 aromatic carbocycles. The van der Waals surface area contributed by atoms with Gasteiger partial charge in [-0.3, -0.25) is 4.79 Å². The lowest BCUT2D eigenvalue weighted by molar-refractivity contribution is 0.630. The van der Waals surface area contributed by atoms with Crippen LogP contribution in [0.4, 0.5) is 4.39 Å². The topological polar surface area (TPSA) is 58.6 Å². The Morgan fingerprint density at radius 3 is 3.00 bits per heavy atom. The second kappa shape index (κ2) is 3.58. The first-order valence-electron chi connectivity index (χ1n) is 4.36. The molecule has 0 atom stereocenters. The number of pyridine rings is 1. The van der Waals surface area contributed by atoms with Crippen LogP contribution in [0.2, 0.25) is 5.15 Å². The van der Waals surface area contributed by atoms with Gasteiger partial charge in [-0.1, -0.05) is 18.5 Å². The van der Waals surface area contributed by atoms with Crippen LogP contribution >= 0.6 is 11.6 Å². The van der Waals surface area contributed by atoms with Crippen molar-refractivity contribution in [2.75, 3.05) is 0 Å². The van der Waals surface area contributed by atoms with Crippen molar-refractivity contribution in [3.8, 4) is 0 Å². The number of hydrogen-bond donors (Lipinski definition) is 1. The molecule has 2 aromatic rings.